The zero-order chi connectivity index (χ0) is 32.3. The van der Waals surface area contributed by atoms with Crippen LogP contribution in [0.15, 0.2) is 41.5 Å². The van der Waals surface area contributed by atoms with Crippen molar-refractivity contribution >= 4 is 29.5 Å². The molecule has 2 fully saturated rings. The van der Waals surface area contributed by atoms with E-state index in [0.717, 1.165) is 13.8 Å². The lowest BCUT2D eigenvalue weighted by Gasteiger charge is -2.60. The monoisotopic (exact) mass is 624 g/mol. The Bertz CT molecular complexity index is 1290. The third-order valence-electron chi connectivity index (χ3n) is 9.97. The average molecular weight is 625 g/mol. The maximum absolute atomic E-state index is 13.4. The lowest BCUT2D eigenvalue weighted by atomic mass is 9.51. The first-order valence-corrected chi connectivity index (χ1v) is 14.8. The molecule has 0 bridgehead atoms. The van der Waals surface area contributed by atoms with Crippen molar-refractivity contribution in [2.24, 2.45) is 16.7 Å². The molecule has 0 saturated heterocycles. The molecule has 1 aromatic rings. The molecule has 0 spiro atoms. The standard InChI is InChI=1S/C31H41ClO11/c1-15-19(35)13-30(28(4,5)39)22(15)23(37)25(41-16(2)33)29(6)21(43-27(38)18-10-8-7-9-11-18)12-20(36)31(40,14-32)24(29)26(30)42-17(3)34/h7-11,19-21,23-26,35-37,39-40H,12-14H2,1-6H3/t19-,20+,21-,23-,24-,25-,26+,29+,30-,31-/m0/s1. The first kappa shape index (κ1) is 33.4. The maximum Gasteiger partial charge on any atom is 0.338 e. The number of carbonyl (C=O) groups is 3. The fourth-order valence-electron chi connectivity index (χ4n) is 7.96. The molecule has 0 aromatic heterocycles. The minimum absolute atomic E-state index is 0.0557. The number of rotatable bonds is 6. The van der Waals surface area contributed by atoms with Crippen molar-refractivity contribution in [1.29, 1.82) is 0 Å². The maximum atomic E-state index is 13.4. The van der Waals surface area contributed by atoms with Gasteiger partial charge in [-0.3, -0.25) is 9.59 Å². The summed E-state index contributed by atoms with van der Waals surface area (Å²) in [5.74, 6) is -4.59. The first-order valence-electron chi connectivity index (χ1n) is 14.2. The van der Waals surface area contributed by atoms with Crippen molar-refractivity contribution in [2.75, 3.05) is 5.88 Å². The smallest absolute Gasteiger partial charge is 0.338 e. The lowest BCUT2D eigenvalue weighted by Crippen LogP contribution is -2.73. The van der Waals surface area contributed by atoms with Crippen LogP contribution in [0.5, 0.6) is 0 Å². The Hall–Kier alpha value is -2.54. The molecule has 12 heteroatoms. The Morgan fingerprint density at radius 3 is 2.07 bits per heavy atom. The lowest BCUT2D eigenvalue weighted by molar-refractivity contribution is -0.275. The van der Waals surface area contributed by atoms with Crippen molar-refractivity contribution in [1.82, 2.24) is 0 Å². The number of esters is 3. The average Bonchev–Trinajstić information content (AvgIpc) is 3.17. The molecule has 4 rings (SSSR count). The molecule has 0 amide bonds. The van der Waals surface area contributed by atoms with Gasteiger partial charge in [-0.15, -0.1) is 11.6 Å². The van der Waals surface area contributed by atoms with Crippen molar-refractivity contribution in [3.63, 3.8) is 0 Å². The third-order valence-corrected chi connectivity index (χ3v) is 10.4. The van der Waals surface area contributed by atoms with Gasteiger partial charge in [0.2, 0.25) is 0 Å². The number of aliphatic hydroxyl groups is 5. The van der Waals surface area contributed by atoms with E-state index in [0.29, 0.717) is 0 Å². The summed E-state index contributed by atoms with van der Waals surface area (Å²) in [6.45, 7) is 8.10. The third kappa shape index (κ3) is 5.07. The molecule has 3 aliphatic rings. The Morgan fingerprint density at radius 1 is 1.00 bits per heavy atom. The van der Waals surface area contributed by atoms with E-state index in [1.54, 1.807) is 25.1 Å². The van der Waals surface area contributed by atoms with E-state index in [1.165, 1.54) is 32.9 Å². The summed E-state index contributed by atoms with van der Waals surface area (Å²) in [6, 6.07) is 8.01. The highest BCUT2D eigenvalue weighted by Crippen LogP contribution is 2.66. The van der Waals surface area contributed by atoms with Crippen LogP contribution >= 0.6 is 11.6 Å². The molecule has 0 heterocycles. The van der Waals surface area contributed by atoms with Gasteiger partial charge in [-0.25, -0.2) is 4.79 Å². The number of ether oxygens (including phenoxy) is 3. The zero-order valence-electron chi connectivity index (χ0n) is 25.1. The normalized spacial score (nSPS) is 39.3. The van der Waals surface area contributed by atoms with Crippen molar-refractivity contribution < 1.29 is 54.1 Å². The molecule has 1 aromatic carbocycles. The van der Waals surface area contributed by atoms with Gasteiger partial charge in [0.15, 0.2) is 0 Å². The first-order chi connectivity index (χ1) is 19.9. The molecule has 10 atom stereocenters. The van der Waals surface area contributed by atoms with E-state index in [9.17, 15) is 39.9 Å². The number of fused-ring (bicyclic) bond motifs is 2. The zero-order valence-corrected chi connectivity index (χ0v) is 25.9. The molecule has 238 valence electrons. The van der Waals surface area contributed by atoms with Gasteiger partial charge in [-0.05, 0) is 50.5 Å². The summed E-state index contributed by atoms with van der Waals surface area (Å²) >= 11 is 6.40. The van der Waals surface area contributed by atoms with Gasteiger partial charge in [0, 0.05) is 26.2 Å². The fraction of sp³-hybridized carbons (Fsp3) is 0.645. The Labute approximate surface area is 255 Å². The molecule has 11 nitrogen and oxygen atoms in total. The summed E-state index contributed by atoms with van der Waals surface area (Å²) in [5, 5.41) is 59.0. The summed E-state index contributed by atoms with van der Waals surface area (Å²) in [7, 11) is 0. The number of benzene rings is 1. The van der Waals surface area contributed by atoms with Gasteiger partial charge in [-0.2, -0.15) is 0 Å². The van der Waals surface area contributed by atoms with Gasteiger partial charge in [-0.1, -0.05) is 25.1 Å². The minimum atomic E-state index is -2.29. The number of hydrogen-bond donors (Lipinski definition) is 5. The molecule has 43 heavy (non-hydrogen) atoms. The van der Waals surface area contributed by atoms with E-state index in [4.69, 9.17) is 25.8 Å². The predicted molar refractivity (Wildman–Crippen MR) is 153 cm³/mol. The van der Waals surface area contributed by atoms with E-state index in [-0.39, 0.29) is 29.6 Å². The Kier molecular flexibility index (Phi) is 8.87. The molecule has 5 N–H and O–H groups in total. The molecular formula is C31H41ClO11. The highest BCUT2D eigenvalue weighted by Gasteiger charge is 2.76. The second-order valence-corrected chi connectivity index (χ2v) is 13.1. The van der Waals surface area contributed by atoms with Crippen LogP contribution in [-0.2, 0) is 23.8 Å². The topological polar surface area (TPSA) is 180 Å². The Morgan fingerprint density at radius 2 is 1.56 bits per heavy atom. The molecular weight excluding hydrogens is 584 g/mol. The second-order valence-electron chi connectivity index (χ2n) is 12.8. The van der Waals surface area contributed by atoms with E-state index >= 15 is 0 Å². The van der Waals surface area contributed by atoms with E-state index in [1.807, 2.05) is 0 Å². The van der Waals surface area contributed by atoms with Crippen molar-refractivity contribution in [3.8, 4) is 0 Å². The van der Waals surface area contributed by atoms with Gasteiger partial charge < -0.3 is 39.7 Å². The van der Waals surface area contributed by atoms with Crippen LogP contribution in [0, 0.1) is 16.7 Å². The van der Waals surface area contributed by atoms with Gasteiger partial charge >= 0.3 is 17.9 Å². The van der Waals surface area contributed by atoms with Gasteiger partial charge in [0.05, 0.1) is 40.1 Å². The molecule has 0 radical (unpaired) electrons. The van der Waals surface area contributed by atoms with Crippen LogP contribution < -0.4 is 0 Å². The summed E-state index contributed by atoms with van der Waals surface area (Å²) in [6.07, 6.45) is -9.79. The molecule has 2 saturated carbocycles. The highest BCUT2D eigenvalue weighted by atomic mass is 35.5. The largest absolute Gasteiger partial charge is 0.461 e. The quantitative estimate of drug-likeness (QED) is 0.134. The number of aliphatic hydroxyl groups excluding tert-OH is 3. The second kappa shape index (κ2) is 11.4. The van der Waals surface area contributed by atoms with Crippen LogP contribution in [0.2, 0.25) is 0 Å². The molecule has 0 aliphatic heterocycles. The number of halogens is 1. The fourth-order valence-corrected chi connectivity index (χ4v) is 8.31. The molecule has 0 unspecified atom stereocenters. The summed E-state index contributed by atoms with van der Waals surface area (Å²) in [4.78, 5) is 38.8. The number of hydrogen-bond acceptors (Lipinski definition) is 11. The van der Waals surface area contributed by atoms with Crippen LogP contribution in [0.4, 0.5) is 0 Å². The summed E-state index contributed by atoms with van der Waals surface area (Å²) < 4.78 is 17.8. The predicted octanol–water partition coefficient (Wildman–Crippen LogP) is 1.65. The SMILES string of the molecule is CC(=O)O[C@@H]1[C@@H]2[C@](O)(CCl)[C@H](O)C[C@H](OC(=O)c3ccccc3)[C@@]2(C)[C@@H](OC(C)=O)[C@@H](O)C2=C(C)[C@@H](O)C[C@]21C(C)(C)O. The van der Waals surface area contributed by atoms with Crippen LogP contribution in [0.25, 0.3) is 0 Å². The number of alkyl halides is 1. The van der Waals surface area contributed by atoms with E-state index < -0.39 is 88.4 Å². The summed E-state index contributed by atoms with van der Waals surface area (Å²) in [5.41, 5.74) is -7.23. The van der Waals surface area contributed by atoms with Gasteiger partial charge in [0.1, 0.15) is 30.0 Å². The minimum Gasteiger partial charge on any atom is -0.461 e. The van der Waals surface area contributed by atoms with Crippen LogP contribution in [0.3, 0.4) is 0 Å². The van der Waals surface area contributed by atoms with E-state index in [2.05, 4.69) is 0 Å². The highest BCUT2D eigenvalue weighted by molar-refractivity contribution is 6.18. The Balaban J connectivity index is 2.11. The molecule has 3 aliphatic carbocycles. The van der Waals surface area contributed by atoms with Gasteiger partial charge in [0.25, 0.3) is 0 Å². The number of carbonyl (C=O) groups excluding carboxylic acids is 3. The van der Waals surface area contributed by atoms with Crippen LogP contribution in [0.1, 0.15) is 64.7 Å². The van der Waals surface area contributed by atoms with Crippen LogP contribution in [-0.4, -0.2) is 97.1 Å². The van der Waals surface area contributed by atoms with Crippen molar-refractivity contribution in [2.45, 2.75) is 102 Å². The van der Waals surface area contributed by atoms with Crippen molar-refractivity contribution in [3.05, 3.63) is 47.0 Å².